The molecule has 0 aromatic heterocycles. The van der Waals surface area contributed by atoms with Crippen LogP contribution in [0.15, 0.2) is 18.2 Å². The van der Waals surface area contributed by atoms with E-state index in [1.165, 1.54) is 12.1 Å². The molecule has 1 aromatic carbocycles. The van der Waals surface area contributed by atoms with E-state index in [1.54, 1.807) is 19.0 Å². The fourth-order valence-corrected chi connectivity index (χ4v) is 1.50. The Morgan fingerprint density at radius 2 is 1.82 bits per heavy atom. The van der Waals surface area contributed by atoms with Crippen molar-refractivity contribution < 1.29 is 23.2 Å². The van der Waals surface area contributed by atoms with Gasteiger partial charge < -0.3 is 14.9 Å². The van der Waals surface area contributed by atoms with Crippen LogP contribution in [0.1, 0.15) is 11.1 Å². The summed E-state index contributed by atoms with van der Waals surface area (Å²) in [4.78, 5) is 1.61. The van der Waals surface area contributed by atoms with Crippen LogP contribution >= 0.6 is 0 Å². The lowest BCUT2D eigenvalue weighted by Crippen LogP contribution is -2.31. The van der Waals surface area contributed by atoms with Gasteiger partial charge in [-0.05, 0) is 31.2 Å². The van der Waals surface area contributed by atoms with Crippen LogP contribution in [0, 0.1) is 0 Å². The molecule has 0 aliphatic heterocycles. The van der Waals surface area contributed by atoms with Crippen molar-refractivity contribution >= 4 is 12.6 Å². The first kappa shape index (κ1) is 14.0. The van der Waals surface area contributed by atoms with Crippen LogP contribution in [0.3, 0.4) is 0 Å². The monoisotopic (exact) mass is 247 g/mol. The number of halogens is 3. The lowest BCUT2D eigenvalue weighted by atomic mass is 9.78. The van der Waals surface area contributed by atoms with Gasteiger partial charge >= 0.3 is 13.3 Å². The molecule has 1 aromatic rings. The molecular weight excluding hydrogens is 234 g/mol. The van der Waals surface area contributed by atoms with Gasteiger partial charge in [-0.2, -0.15) is 13.2 Å². The maximum atomic E-state index is 12.8. The molecule has 0 radical (unpaired) electrons. The highest BCUT2D eigenvalue weighted by Crippen LogP contribution is 2.31. The molecular formula is C10H13BF3NO2. The molecule has 0 saturated carbocycles. The Kier molecular flexibility index (Phi) is 4.18. The van der Waals surface area contributed by atoms with Gasteiger partial charge in [-0.3, -0.25) is 0 Å². The second kappa shape index (κ2) is 5.08. The molecule has 0 spiro atoms. The summed E-state index contributed by atoms with van der Waals surface area (Å²) in [7, 11) is 1.42. The molecule has 0 heterocycles. The number of hydrogen-bond acceptors (Lipinski definition) is 3. The van der Waals surface area contributed by atoms with E-state index in [0.717, 1.165) is 6.07 Å². The summed E-state index contributed by atoms with van der Waals surface area (Å²) in [6.45, 7) is 0.136. The molecule has 17 heavy (non-hydrogen) atoms. The van der Waals surface area contributed by atoms with Crippen LogP contribution in [0.25, 0.3) is 0 Å². The van der Waals surface area contributed by atoms with E-state index in [2.05, 4.69) is 0 Å². The number of hydrogen-bond donors (Lipinski definition) is 2. The molecule has 3 nitrogen and oxygen atoms in total. The van der Waals surface area contributed by atoms with Gasteiger partial charge in [0.15, 0.2) is 0 Å². The Labute approximate surface area is 97.6 Å². The molecule has 0 bridgehead atoms. The van der Waals surface area contributed by atoms with E-state index in [9.17, 15) is 13.2 Å². The highest BCUT2D eigenvalue weighted by atomic mass is 19.4. The minimum absolute atomic E-state index is 0.104. The van der Waals surface area contributed by atoms with Crippen molar-refractivity contribution in [1.29, 1.82) is 0 Å². The van der Waals surface area contributed by atoms with Crippen molar-refractivity contribution in [2.24, 2.45) is 0 Å². The van der Waals surface area contributed by atoms with Gasteiger partial charge in [0.2, 0.25) is 0 Å². The van der Waals surface area contributed by atoms with Gasteiger partial charge in [-0.15, -0.1) is 0 Å². The summed E-state index contributed by atoms with van der Waals surface area (Å²) in [5, 5.41) is 17.7. The molecule has 7 heteroatoms. The van der Waals surface area contributed by atoms with Crippen LogP contribution in [0.5, 0.6) is 0 Å². The third-order valence-electron chi connectivity index (χ3n) is 2.22. The first-order chi connectivity index (χ1) is 7.71. The number of nitrogens with zero attached hydrogens (tertiary/aromatic N) is 1. The van der Waals surface area contributed by atoms with Crippen LogP contribution in [0.4, 0.5) is 13.2 Å². The van der Waals surface area contributed by atoms with Crippen LogP contribution in [0.2, 0.25) is 0 Å². The predicted molar refractivity (Wildman–Crippen MR) is 58.7 cm³/mol. The third kappa shape index (κ3) is 3.73. The zero-order chi connectivity index (χ0) is 13.2. The topological polar surface area (TPSA) is 43.7 Å². The minimum atomic E-state index is -4.50. The summed E-state index contributed by atoms with van der Waals surface area (Å²) in [6.07, 6.45) is -4.50. The summed E-state index contributed by atoms with van der Waals surface area (Å²) in [5.74, 6) is 0. The average Bonchev–Trinajstić information content (AvgIpc) is 2.15. The van der Waals surface area contributed by atoms with Crippen LogP contribution in [-0.2, 0) is 12.7 Å². The normalized spacial score (nSPS) is 12.0. The largest absolute Gasteiger partial charge is 0.488 e. The van der Waals surface area contributed by atoms with Crippen molar-refractivity contribution in [2.45, 2.75) is 12.7 Å². The molecule has 0 unspecified atom stereocenters. The lowest BCUT2D eigenvalue weighted by molar-refractivity contribution is -0.138. The summed E-state index contributed by atoms with van der Waals surface area (Å²) in [5.41, 5.74) is -0.900. The van der Waals surface area contributed by atoms with Crippen LogP contribution < -0.4 is 5.46 Å². The van der Waals surface area contributed by atoms with E-state index in [4.69, 9.17) is 10.0 Å². The average molecular weight is 247 g/mol. The van der Waals surface area contributed by atoms with E-state index in [0.29, 0.717) is 0 Å². The molecule has 94 valence electrons. The molecule has 0 fully saturated rings. The summed E-state index contributed by atoms with van der Waals surface area (Å²) < 4.78 is 38.3. The van der Waals surface area contributed by atoms with Gasteiger partial charge in [-0.1, -0.05) is 12.1 Å². The lowest BCUT2D eigenvalue weighted by Gasteiger charge is -2.17. The number of benzene rings is 1. The fraction of sp³-hybridized carbons (Fsp3) is 0.400. The van der Waals surface area contributed by atoms with Crippen molar-refractivity contribution in [3.05, 3.63) is 29.3 Å². The smallest absolute Gasteiger partial charge is 0.423 e. The molecule has 0 aliphatic carbocycles. The van der Waals surface area contributed by atoms with E-state index < -0.39 is 18.9 Å². The molecule has 0 aliphatic rings. The fourth-order valence-electron chi connectivity index (χ4n) is 1.50. The summed E-state index contributed by atoms with van der Waals surface area (Å²) in [6, 6.07) is 3.31. The highest BCUT2D eigenvalue weighted by Gasteiger charge is 2.34. The van der Waals surface area contributed by atoms with Gasteiger partial charge in [0.05, 0.1) is 5.56 Å². The third-order valence-corrected chi connectivity index (χ3v) is 2.22. The Balaban J connectivity index is 3.22. The van der Waals surface area contributed by atoms with E-state index in [1.807, 2.05) is 0 Å². The van der Waals surface area contributed by atoms with Gasteiger partial charge in [0, 0.05) is 6.54 Å². The van der Waals surface area contributed by atoms with Crippen molar-refractivity contribution in [1.82, 2.24) is 4.90 Å². The Morgan fingerprint density at radius 3 is 2.24 bits per heavy atom. The second-order valence-electron chi connectivity index (χ2n) is 4.03. The maximum absolute atomic E-state index is 12.8. The minimum Gasteiger partial charge on any atom is -0.423 e. The summed E-state index contributed by atoms with van der Waals surface area (Å²) >= 11 is 0. The quantitative estimate of drug-likeness (QED) is 0.762. The number of alkyl halides is 3. The number of rotatable bonds is 3. The van der Waals surface area contributed by atoms with Crippen molar-refractivity contribution in [3.8, 4) is 0 Å². The van der Waals surface area contributed by atoms with E-state index >= 15 is 0 Å². The first-order valence-electron chi connectivity index (χ1n) is 4.92. The van der Waals surface area contributed by atoms with Gasteiger partial charge in [-0.25, -0.2) is 0 Å². The zero-order valence-electron chi connectivity index (χ0n) is 9.49. The molecule has 0 saturated heterocycles. The first-order valence-corrected chi connectivity index (χ1v) is 4.92. The SMILES string of the molecule is CN(C)Cc1ccc(B(O)O)cc1C(F)(F)F. The Bertz CT molecular complexity index is 394. The second-order valence-corrected chi connectivity index (χ2v) is 4.03. The Hall–Kier alpha value is -1.05. The molecule has 0 amide bonds. The van der Waals surface area contributed by atoms with Crippen molar-refractivity contribution in [2.75, 3.05) is 14.1 Å². The standard InChI is InChI=1S/C10H13BF3NO2/c1-15(2)6-7-3-4-8(11(16)17)5-9(7)10(12,13)14/h3-5,16-17H,6H2,1-2H3. The van der Waals surface area contributed by atoms with E-state index in [-0.39, 0.29) is 17.6 Å². The van der Waals surface area contributed by atoms with Gasteiger partial charge in [0.1, 0.15) is 0 Å². The van der Waals surface area contributed by atoms with Crippen molar-refractivity contribution in [3.63, 3.8) is 0 Å². The van der Waals surface area contributed by atoms with Gasteiger partial charge in [0.25, 0.3) is 0 Å². The molecule has 0 atom stereocenters. The molecule has 2 N–H and O–H groups in total. The zero-order valence-corrected chi connectivity index (χ0v) is 9.49. The maximum Gasteiger partial charge on any atom is 0.488 e. The Morgan fingerprint density at radius 1 is 1.24 bits per heavy atom. The highest BCUT2D eigenvalue weighted by molar-refractivity contribution is 6.58. The van der Waals surface area contributed by atoms with Crippen LogP contribution in [-0.4, -0.2) is 36.2 Å². The molecule has 1 rings (SSSR count). The predicted octanol–water partition coefficient (Wildman–Crippen LogP) is 0.447.